The third-order valence-electron chi connectivity index (χ3n) is 3.56. The number of halogens is 1. The van der Waals surface area contributed by atoms with E-state index in [0.717, 1.165) is 36.8 Å². The Labute approximate surface area is 101 Å². The highest BCUT2D eigenvalue weighted by molar-refractivity contribution is 6.31. The van der Waals surface area contributed by atoms with E-state index < -0.39 is 0 Å². The van der Waals surface area contributed by atoms with Crippen LogP contribution in [0.25, 0.3) is 0 Å². The molecule has 1 fully saturated rings. The maximum absolute atomic E-state index is 9.99. The molecule has 0 bridgehead atoms. The fourth-order valence-electron chi connectivity index (χ4n) is 2.52. The van der Waals surface area contributed by atoms with Crippen LogP contribution in [0.2, 0.25) is 5.02 Å². The van der Waals surface area contributed by atoms with E-state index >= 15 is 0 Å². The van der Waals surface area contributed by atoms with Crippen molar-refractivity contribution in [3.8, 4) is 5.75 Å². The average Bonchev–Trinajstić information content (AvgIpc) is 2.24. The number of aryl methyl sites for hydroxylation is 1. The molecule has 0 aliphatic heterocycles. The summed E-state index contributed by atoms with van der Waals surface area (Å²) in [4.78, 5) is 0. The van der Waals surface area contributed by atoms with Crippen LogP contribution in [-0.2, 0) is 5.54 Å². The van der Waals surface area contributed by atoms with Gasteiger partial charge in [-0.3, -0.25) is 0 Å². The molecule has 2 rings (SSSR count). The zero-order valence-electron chi connectivity index (χ0n) is 9.59. The molecule has 3 heteroatoms. The highest BCUT2D eigenvalue weighted by Gasteiger charge is 2.32. The Morgan fingerprint density at radius 3 is 2.50 bits per heavy atom. The van der Waals surface area contributed by atoms with Gasteiger partial charge in [0.2, 0.25) is 0 Å². The molecule has 0 heterocycles. The molecule has 16 heavy (non-hydrogen) atoms. The van der Waals surface area contributed by atoms with E-state index in [2.05, 4.69) is 0 Å². The SMILES string of the molecule is Cc1cc(O)c(C2(N)CCCCC2)cc1Cl. The molecule has 0 amide bonds. The summed E-state index contributed by atoms with van der Waals surface area (Å²) < 4.78 is 0. The fourth-order valence-corrected chi connectivity index (χ4v) is 2.68. The van der Waals surface area contributed by atoms with Crippen molar-refractivity contribution in [2.24, 2.45) is 5.73 Å². The van der Waals surface area contributed by atoms with E-state index in [4.69, 9.17) is 17.3 Å². The van der Waals surface area contributed by atoms with Crippen LogP contribution in [0.4, 0.5) is 0 Å². The first-order valence-electron chi connectivity index (χ1n) is 5.81. The van der Waals surface area contributed by atoms with Crippen molar-refractivity contribution < 1.29 is 5.11 Å². The Morgan fingerprint density at radius 2 is 1.88 bits per heavy atom. The first-order chi connectivity index (χ1) is 7.53. The van der Waals surface area contributed by atoms with Gasteiger partial charge in [-0.1, -0.05) is 30.9 Å². The zero-order chi connectivity index (χ0) is 11.8. The number of benzene rings is 1. The topological polar surface area (TPSA) is 46.2 Å². The summed E-state index contributed by atoms with van der Waals surface area (Å²) in [6.45, 7) is 1.88. The minimum Gasteiger partial charge on any atom is -0.508 e. The lowest BCUT2D eigenvalue weighted by atomic mass is 9.77. The summed E-state index contributed by atoms with van der Waals surface area (Å²) in [5, 5.41) is 10.7. The third-order valence-corrected chi connectivity index (χ3v) is 3.97. The van der Waals surface area contributed by atoms with Crippen molar-refractivity contribution in [1.29, 1.82) is 0 Å². The van der Waals surface area contributed by atoms with Gasteiger partial charge >= 0.3 is 0 Å². The highest BCUT2D eigenvalue weighted by Crippen LogP contribution is 2.40. The number of hydrogen-bond donors (Lipinski definition) is 2. The van der Waals surface area contributed by atoms with E-state index in [1.165, 1.54) is 6.42 Å². The zero-order valence-corrected chi connectivity index (χ0v) is 10.3. The summed E-state index contributed by atoms with van der Waals surface area (Å²) in [5.41, 5.74) is 7.69. The second kappa shape index (κ2) is 4.27. The van der Waals surface area contributed by atoms with Crippen LogP contribution in [-0.4, -0.2) is 5.11 Å². The predicted molar refractivity (Wildman–Crippen MR) is 66.8 cm³/mol. The molecule has 0 unspecified atom stereocenters. The van der Waals surface area contributed by atoms with E-state index in [1.54, 1.807) is 6.07 Å². The molecular formula is C13H18ClNO. The lowest BCUT2D eigenvalue weighted by Gasteiger charge is -2.34. The fraction of sp³-hybridized carbons (Fsp3) is 0.538. The molecule has 0 atom stereocenters. The smallest absolute Gasteiger partial charge is 0.120 e. The van der Waals surface area contributed by atoms with Gasteiger partial charge in [0.05, 0.1) is 0 Å². The maximum Gasteiger partial charge on any atom is 0.120 e. The number of nitrogens with two attached hydrogens (primary N) is 1. The Kier molecular flexibility index (Phi) is 3.13. The van der Waals surface area contributed by atoms with E-state index in [1.807, 2.05) is 13.0 Å². The molecule has 1 aliphatic rings. The minimum atomic E-state index is -0.389. The van der Waals surface area contributed by atoms with Crippen LogP contribution >= 0.6 is 11.6 Å². The molecule has 0 spiro atoms. The average molecular weight is 240 g/mol. The van der Waals surface area contributed by atoms with Gasteiger partial charge in [-0.2, -0.15) is 0 Å². The molecule has 0 saturated heterocycles. The van der Waals surface area contributed by atoms with Crippen LogP contribution in [0.5, 0.6) is 5.75 Å². The molecule has 0 radical (unpaired) electrons. The van der Waals surface area contributed by atoms with Gasteiger partial charge in [0, 0.05) is 16.1 Å². The van der Waals surface area contributed by atoms with Gasteiger partial charge in [0.25, 0.3) is 0 Å². The summed E-state index contributed by atoms with van der Waals surface area (Å²) in [6.07, 6.45) is 5.35. The summed E-state index contributed by atoms with van der Waals surface area (Å²) in [7, 11) is 0. The standard InChI is InChI=1S/C13H18ClNO/c1-9-7-12(16)10(8-11(9)14)13(15)5-3-2-4-6-13/h7-8,16H,2-6,15H2,1H3. The quantitative estimate of drug-likeness (QED) is 0.788. The second-order valence-corrected chi connectivity index (χ2v) is 5.24. The molecule has 1 saturated carbocycles. The monoisotopic (exact) mass is 239 g/mol. The van der Waals surface area contributed by atoms with Crippen LogP contribution < -0.4 is 5.73 Å². The number of phenols is 1. The molecular weight excluding hydrogens is 222 g/mol. The second-order valence-electron chi connectivity index (χ2n) is 4.84. The van der Waals surface area contributed by atoms with Crippen LogP contribution in [0.3, 0.4) is 0 Å². The van der Waals surface area contributed by atoms with Gasteiger partial charge in [-0.25, -0.2) is 0 Å². The van der Waals surface area contributed by atoms with Gasteiger partial charge < -0.3 is 10.8 Å². The summed E-state index contributed by atoms with van der Waals surface area (Å²) in [5.74, 6) is 0.284. The first kappa shape index (κ1) is 11.7. The Hall–Kier alpha value is -0.730. The van der Waals surface area contributed by atoms with Crippen molar-refractivity contribution in [2.45, 2.75) is 44.6 Å². The van der Waals surface area contributed by atoms with Crippen LogP contribution in [0.15, 0.2) is 12.1 Å². The molecule has 3 N–H and O–H groups in total. The third kappa shape index (κ3) is 2.04. The number of rotatable bonds is 1. The Bertz CT molecular complexity index is 397. The van der Waals surface area contributed by atoms with Crippen molar-refractivity contribution in [3.63, 3.8) is 0 Å². The molecule has 1 aromatic rings. The Balaban J connectivity index is 2.42. The van der Waals surface area contributed by atoms with Crippen molar-refractivity contribution in [3.05, 3.63) is 28.3 Å². The largest absolute Gasteiger partial charge is 0.508 e. The molecule has 0 aromatic heterocycles. The van der Waals surface area contributed by atoms with Crippen LogP contribution in [0.1, 0.15) is 43.2 Å². The normalized spacial score (nSPS) is 19.7. The Morgan fingerprint density at radius 1 is 1.25 bits per heavy atom. The minimum absolute atomic E-state index is 0.284. The highest BCUT2D eigenvalue weighted by atomic mass is 35.5. The van der Waals surface area contributed by atoms with Gasteiger partial charge in [-0.15, -0.1) is 0 Å². The number of hydrogen-bond acceptors (Lipinski definition) is 2. The van der Waals surface area contributed by atoms with Gasteiger partial charge in [-0.05, 0) is 37.5 Å². The van der Waals surface area contributed by atoms with Gasteiger partial charge in [0.15, 0.2) is 0 Å². The van der Waals surface area contributed by atoms with E-state index in [9.17, 15) is 5.11 Å². The molecule has 1 aliphatic carbocycles. The van der Waals surface area contributed by atoms with Crippen molar-refractivity contribution in [2.75, 3.05) is 0 Å². The molecule has 2 nitrogen and oxygen atoms in total. The van der Waals surface area contributed by atoms with Crippen LogP contribution in [0, 0.1) is 6.92 Å². The first-order valence-corrected chi connectivity index (χ1v) is 6.19. The van der Waals surface area contributed by atoms with E-state index in [-0.39, 0.29) is 11.3 Å². The van der Waals surface area contributed by atoms with Gasteiger partial charge in [0.1, 0.15) is 5.75 Å². The van der Waals surface area contributed by atoms with E-state index in [0.29, 0.717) is 5.02 Å². The molecule has 88 valence electrons. The lowest BCUT2D eigenvalue weighted by Crippen LogP contribution is -2.38. The predicted octanol–water partition coefficient (Wildman–Crippen LogP) is 3.47. The number of phenolic OH excluding ortho intramolecular Hbond substituents is 1. The maximum atomic E-state index is 9.99. The summed E-state index contributed by atoms with van der Waals surface area (Å²) in [6, 6.07) is 3.54. The number of aromatic hydroxyl groups is 1. The van der Waals surface area contributed by atoms with Crippen molar-refractivity contribution in [1.82, 2.24) is 0 Å². The summed E-state index contributed by atoms with van der Waals surface area (Å²) >= 11 is 6.10. The lowest BCUT2D eigenvalue weighted by molar-refractivity contribution is 0.292. The molecule has 1 aromatic carbocycles. The van der Waals surface area contributed by atoms with Crippen molar-refractivity contribution >= 4 is 11.6 Å².